The molecule has 0 aliphatic heterocycles. The Hall–Kier alpha value is -0.0800. The zero-order valence-corrected chi connectivity index (χ0v) is 13.0. The Balaban J connectivity index is 2.34. The summed E-state index contributed by atoms with van der Waals surface area (Å²) in [5.41, 5.74) is 0. The van der Waals surface area contributed by atoms with Gasteiger partial charge in [-0.3, -0.25) is 4.90 Å². The summed E-state index contributed by atoms with van der Waals surface area (Å²) in [5.74, 6) is 0. The number of rotatable bonds is 9. The van der Waals surface area contributed by atoms with Gasteiger partial charge in [0.1, 0.15) is 0 Å². The summed E-state index contributed by atoms with van der Waals surface area (Å²) in [6, 6.07) is 2.20. The van der Waals surface area contributed by atoms with Gasteiger partial charge in [-0.05, 0) is 46.1 Å². The first-order valence-corrected chi connectivity index (χ1v) is 8.18. The molecule has 1 rings (SSSR count). The second-order valence-electron chi connectivity index (χ2n) is 6.09. The van der Waals surface area contributed by atoms with Crippen molar-refractivity contribution in [2.75, 3.05) is 13.1 Å². The molecule has 1 saturated carbocycles. The molecule has 1 aliphatic carbocycles. The Morgan fingerprint density at radius 2 is 1.78 bits per heavy atom. The second-order valence-corrected chi connectivity index (χ2v) is 6.09. The molecule has 2 atom stereocenters. The van der Waals surface area contributed by atoms with Crippen molar-refractivity contribution in [2.45, 2.75) is 90.8 Å². The molecule has 2 heteroatoms. The molecule has 1 aliphatic rings. The van der Waals surface area contributed by atoms with Gasteiger partial charge < -0.3 is 5.32 Å². The maximum absolute atomic E-state index is 3.78. The molecule has 0 aromatic heterocycles. The van der Waals surface area contributed by atoms with Crippen molar-refractivity contribution >= 4 is 0 Å². The number of hydrogen-bond donors (Lipinski definition) is 1. The lowest BCUT2D eigenvalue weighted by atomic mass is 10.1. The van der Waals surface area contributed by atoms with Gasteiger partial charge in [-0.2, -0.15) is 0 Å². The van der Waals surface area contributed by atoms with E-state index < -0.39 is 0 Å². The van der Waals surface area contributed by atoms with Gasteiger partial charge in [-0.25, -0.2) is 0 Å². The predicted molar refractivity (Wildman–Crippen MR) is 81.1 cm³/mol. The van der Waals surface area contributed by atoms with Crippen LogP contribution in [-0.4, -0.2) is 36.1 Å². The minimum atomic E-state index is 0.673. The highest BCUT2D eigenvalue weighted by Crippen LogP contribution is 2.18. The molecule has 0 heterocycles. The highest BCUT2D eigenvalue weighted by atomic mass is 15.2. The van der Waals surface area contributed by atoms with Crippen LogP contribution in [0.15, 0.2) is 0 Å². The maximum Gasteiger partial charge on any atom is 0.0195 e. The standard InChI is InChI=1S/C16H34N2/c1-5-7-12-18(14(3)6-2)15(4)13-17-16-10-8-9-11-16/h14-17H,5-13H2,1-4H3. The molecule has 0 bridgehead atoms. The lowest BCUT2D eigenvalue weighted by Gasteiger charge is -2.35. The molecule has 0 radical (unpaired) electrons. The first-order chi connectivity index (χ1) is 8.69. The van der Waals surface area contributed by atoms with E-state index in [1.165, 1.54) is 58.0 Å². The van der Waals surface area contributed by atoms with Crippen molar-refractivity contribution in [1.29, 1.82) is 0 Å². The average Bonchev–Trinajstić information content (AvgIpc) is 2.89. The highest BCUT2D eigenvalue weighted by Gasteiger charge is 2.20. The van der Waals surface area contributed by atoms with Gasteiger partial charge in [-0.15, -0.1) is 0 Å². The van der Waals surface area contributed by atoms with Crippen molar-refractivity contribution in [3.63, 3.8) is 0 Å². The molecule has 2 unspecified atom stereocenters. The van der Waals surface area contributed by atoms with Crippen LogP contribution in [0.25, 0.3) is 0 Å². The van der Waals surface area contributed by atoms with Crippen molar-refractivity contribution in [3.8, 4) is 0 Å². The van der Waals surface area contributed by atoms with E-state index >= 15 is 0 Å². The Labute approximate surface area is 115 Å². The minimum Gasteiger partial charge on any atom is -0.312 e. The molecule has 1 fully saturated rings. The molecule has 108 valence electrons. The highest BCUT2D eigenvalue weighted by molar-refractivity contribution is 4.79. The van der Waals surface area contributed by atoms with E-state index in [9.17, 15) is 0 Å². The molecule has 0 saturated heterocycles. The van der Waals surface area contributed by atoms with Crippen molar-refractivity contribution in [3.05, 3.63) is 0 Å². The van der Waals surface area contributed by atoms with Crippen LogP contribution in [0, 0.1) is 0 Å². The minimum absolute atomic E-state index is 0.673. The zero-order valence-electron chi connectivity index (χ0n) is 13.0. The van der Waals surface area contributed by atoms with Crippen molar-refractivity contribution in [2.24, 2.45) is 0 Å². The van der Waals surface area contributed by atoms with Crippen LogP contribution >= 0.6 is 0 Å². The molecule has 2 nitrogen and oxygen atoms in total. The van der Waals surface area contributed by atoms with Crippen LogP contribution in [0.3, 0.4) is 0 Å². The van der Waals surface area contributed by atoms with Crippen LogP contribution in [0.2, 0.25) is 0 Å². The molecule has 18 heavy (non-hydrogen) atoms. The molecular formula is C16H34N2. The van der Waals surface area contributed by atoms with Crippen LogP contribution in [-0.2, 0) is 0 Å². The zero-order chi connectivity index (χ0) is 13.4. The van der Waals surface area contributed by atoms with Gasteiger partial charge in [0.15, 0.2) is 0 Å². The van der Waals surface area contributed by atoms with E-state index in [-0.39, 0.29) is 0 Å². The Bertz CT molecular complexity index is 199. The number of nitrogens with one attached hydrogen (secondary N) is 1. The Kier molecular flexibility index (Phi) is 7.92. The summed E-state index contributed by atoms with van der Waals surface area (Å²) in [6.45, 7) is 11.8. The summed E-state index contributed by atoms with van der Waals surface area (Å²) >= 11 is 0. The predicted octanol–water partition coefficient (Wildman–Crippen LogP) is 3.81. The fourth-order valence-electron chi connectivity index (χ4n) is 3.03. The lowest BCUT2D eigenvalue weighted by Crippen LogP contribution is -2.47. The normalized spacial score (nSPS) is 20.5. The van der Waals surface area contributed by atoms with Gasteiger partial charge in [0.25, 0.3) is 0 Å². The molecule has 0 aromatic rings. The largest absolute Gasteiger partial charge is 0.312 e. The molecular weight excluding hydrogens is 220 g/mol. The van der Waals surface area contributed by atoms with Crippen molar-refractivity contribution < 1.29 is 0 Å². The third-order valence-corrected chi connectivity index (χ3v) is 4.55. The third kappa shape index (κ3) is 5.27. The third-order valence-electron chi connectivity index (χ3n) is 4.55. The van der Waals surface area contributed by atoms with E-state index in [0.717, 1.165) is 12.1 Å². The molecule has 1 N–H and O–H groups in total. The van der Waals surface area contributed by atoms with E-state index in [0.29, 0.717) is 6.04 Å². The van der Waals surface area contributed by atoms with E-state index in [4.69, 9.17) is 0 Å². The molecule has 0 aromatic carbocycles. The Morgan fingerprint density at radius 3 is 2.33 bits per heavy atom. The average molecular weight is 254 g/mol. The maximum atomic E-state index is 3.78. The lowest BCUT2D eigenvalue weighted by molar-refractivity contribution is 0.142. The van der Waals surface area contributed by atoms with Crippen molar-refractivity contribution in [1.82, 2.24) is 10.2 Å². The van der Waals surface area contributed by atoms with E-state index in [1.807, 2.05) is 0 Å². The fourth-order valence-corrected chi connectivity index (χ4v) is 3.03. The van der Waals surface area contributed by atoms with E-state index in [2.05, 4.69) is 37.9 Å². The van der Waals surface area contributed by atoms with Gasteiger partial charge in [0.2, 0.25) is 0 Å². The monoisotopic (exact) mass is 254 g/mol. The number of hydrogen-bond acceptors (Lipinski definition) is 2. The van der Waals surface area contributed by atoms with E-state index in [1.54, 1.807) is 0 Å². The summed E-state index contributed by atoms with van der Waals surface area (Å²) in [7, 11) is 0. The first kappa shape index (κ1) is 16.0. The van der Waals surface area contributed by atoms with Gasteiger partial charge in [0.05, 0.1) is 0 Å². The molecule has 0 amide bonds. The first-order valence-electron chi connectivity index (χ1n) is 8.18. The summed E-state index contributed by atoms with van der Waals surface area (Å²) in [5, 5.41) is 3.78. The van der Waals surface area contributed by atoms with Crippen LogP contribution in [0.1, 0.15) is 72.6 Å². The van der Waals surface area contributed by atoms with Gasteiger partial charge in [0, 0.05) is 24.7 Å². The number of unbranched alkanes of at least 4 members (excludes halogenated alkanes) is 1. The second kappa shape index (κ2) is 8.92. The Morgan fingerprint density at radius 1 is 1.11 bits per heavy atom. The van der Waals surface area contributed by atoms with Crippen LogP contribution in [0.5, 0.6) is 0 Å². The van der Waals surface area contributed by atoms with Crippen LogP contribution < -0.4 is 5.32 Å². The number of nitrogens with zero attached hydrogens (tertiary/aromatic N) is 1. The fraction of sp³-hybridized carbons (Fsp3) is 1.00. The van der Waals surface area contributed by atoms with Crippen LogP contribution in [0.4, 0.5) is 0 Å². The SMILES string of the molecule is CCCCN(C(C)CC)C(C)CNC1CCCC1. The summed E-state index contributed by atoms with van der Waals surface area (Å²) in [4.78, 5) is 2.70. The smallest absolute Gasteiger partial charge is 0.0195 e. The quantitative estimate of drug-likeness (QED) is 0.673. The molecule has 0 spiro atoms. The van der Waals surface area contributed by atoms with Gasteiger partial charge >= 0.3 is 0 Å². The topological polar surface area (TPSA) is 15.3 Å². The summed E-state index contributed by atoms with van der Waals surface area (Å²) < 4.78 is 0. The van der Waals surface area contributed by atoms with Gasteiger partial charge in [-0.1, -0.05) is 33.1 Å². The summed E-state index contributed by atoms with van der Waals surface area (Å²) in [6.07, 6.45) is 9.54.